The van der Waals surface area contributed by atoms with Gasteiger partial charge in [0.25, 0.3) is 0 Å². The standard InChI is InChI=1S/C26H42N2O4S/c1-17(2)33(30,31)16-23-10-12-27(13-11-23)26(29)14-24-8-9-25(20(5)19(24)4)28-15-18(3)32-22(7)21(28)6/h8-9,17-18,21-23H,10-16H2,1-7H3/t18-,21?,22+/m0/s1. The smallest absolute Gasteiger partial charge is 0.226 e. The molecule has 6 nitrogen and oxygen atoms in total. The van der Waals surface area contributed by atoms with E-state index >= 15 is 0 Å². The summed E-state index contributed by atoms with van der Waals surface area (Å²) in [5.41, 5.74) is 4.71. The third-order valence-corrected chi connectivity index (χ3v) is 10.1. The first-order chi connectivity index (χ1) is 15.4. The van der Waals surface area contributed by atoms with Crippen LogP contribution in [0.25, 0.3) is 0 Å². The van der Waals surface area contributed by atoms with Crippen LogP contribution in [-0.4, -0.2) is 68.1 Å². The first-order valence-electron chi connectivity index (χ1n) is 12.4. The number of nitrogens with zero attached hydrogens (tertiary/aromatic N) is 2. The molecule has 2 heterocycles. The van der Waals surface area contributed by atoms with Crippen molar-refractivity contribution in [1.29, 1.82) is 0 Å². The Bertz CT molecular complexity index is 951. The predicted octanol–water partition coefficient (Wildman–Crippen LogP) is 3.91. The van der Waals surface area contributed by atoms with Crippen molar-refractivity contribution in [3.63, 3.8) is 0 Å². The molecule has 0 aliphatic carbocycles. The van der Waals surface area contributed by atoms with Crippen molar-refractivity contribution in [3.05, 3.63) is 28.8 Å². The molecule has 7 heteroatoms. The fourth-order valence-electron chi connectivity index (χ4n) is 5.05. The van der Waals surface area contributed by atoms with Gasteiger partial charge in [0.05, 0.1) is 35.7 Å². The van der Waals surface area contributed by atoms with Crippen LogP contribution in [0.3, 0.4) is 0 Å². The number of anilines is 1. The summed E-state index contributed by atoms with van der Waals surface area (Å²) in [6.45, 7) is 16.4. The second kappa shape index (κ2) is 10.3. The second-order valence-corrected chi connectivity index (χ2v) is 13.0. The number of likely N-dealkylation sites (tertiary alicyclic amines) is 1. The minimum absolute atomic E-state index is 0.136. The van der Waals surface area contributed by atoms with Crippen molar-refractivity contribution in [3.8, 4) is 0 Å². The van der Waals surface area contributed by atoms with Crippen LogP contribution in [0.1, 0.15) is 64.2 Å². The maximum absolute atomic E-state index is 13.0. The lowest BCUT2D eigenvalue weighted by atomic mass is 9.95. The van der Waals surface area contributed by atoms with Gasteiger partial charge in [-0.15, -0.1) is 0 Å². The van der Waals surface area contributed by atoms with Gasteiger partial charge in [0.1, 0.15) is 0 Å². The number of morpholine rings is 1. The maximum atomic E-state index is 13.0. The highest BCUT2D eigenvalue weighted by Crippen LogP contribution is 2.31. The molecular formula is C26H42N2O4S. The van der Waals surface area contributed by atoms with Gasteiger partial charge < -0.3 is 14.5 Å². The van der Waals surface area contributed by atoms with E-state index in [0.29, 0.717) is 25.6 Å². The zero-order valence-corrected chi connectivity index (χ0v) is 22.2. The van der Waals surface area contributed by atoms with E-state index in [9.17, 15) is 13.2 Å². The van der Waals surface area contributed by atoms with Gasteiger partial charge in [-0.25, -0.2) is 8.42 Å². The molecule has 0 spiro atoms. The molecule has 2 fully saturated rings. The van der Waals surface area contributed by atoms with E-state index in [4.69, 9.17) is 4.74 Å². The molecule has 3 rings (SSSR count). The molecule has 0 aromatic heterocycles. The molecule has 1 unspecified atom stereocenters. The van der Waals surface area contributed by atoms with Crippen LogP contribution in [-0.2, 0) is 25.8 Å². The molecule has 1 aromatic carbocycles. The van der Waals surface area contributed by atoms with Gasteiger partial charge >= 0.3 is 0 Å². The summed E-state index contributed by atoms with van der Waals surface area (Å²) in [5.74, 6) is 0.534. The van der Waals surface area contributed by atoms with Crippen molar-refractivity contribution >= 4 is 21.4 Å². The lowest BCUT2D eigenvalue weighted by molar-refractivity contribution is -0.131. The number of carbonyl (C=O) groups excluding carboxylic acids is 1. The molecule has 1 amide bonds. The number of amides is 1. The fourth-order valence-corrected chi connectivity index (χ4v) is 6.42. The highest BCUT2D eigenvalue weighted by Gasteiger charge is 2.31. The van der Waals surface area contributed by atoms with Gasteiger partial charge in [-0.1, -0.05) is 6.07 Å². The highest BCUT2D eigenvalue weighted by molar-refractivity contribution is 7.91. The van der Waals surface area contributed by atoms with Gasteiger partial charge in [-0.2, -0.15) is 0 Å². The average Bonchev–Trinajstić information content (AvgIpc) is 2.74. The van der Waals surface area contributed by atoms with Crippen LogP contribution in [0, 0.1) is 19.8 Å². The van der Waals surface area contributed by atoms with Crippen molar-refractivity contribution in [1.82, 2.24) is 4.90 Å². The SMILES string of the molecule is Cc1c(CC(=O)N2CCC(CS(=O)(=O)C(C)C)CC2)ccc(N2C[C@H](C)O[C@H](C)C2C)c1C. The molecule has 2 aliphatic heterocycles. The van der Waals surface area contributed by atoms with Crippen molar-refractivity contribution in [2.45, 2.75) is 91.2 Å². The number of benzene rings is 1. The average molecular weight is 479 g/mol. The van der Waals surface area contributed by atoms with Crippen LogP contribution in [0.2, 0.25) is 0 Å². The van der Waals surface area contributed by atoms with Crippen LogP contribution in [0.5, 0.6) is 0 Å². The molecule has 186 valence electrons. The summed E-state index contributed by atoms with van der Waals surface area (Å²) in [7, 11) is -3.03. The summed E-state index contributed by atoms with van der Waals surface area (Å²) >= 11 is 0. The third kappa shape index (κ3) is 5.91. The van der Waals surface area contributed by atoms with Crippen LogP contribution in [0.4, 0.5) is 5.69 Å². The summed E-state index contributed by atoms with van der Waals surface area (Å²) in [6, 6.07) is 4.57. The van der Waals surface area contributed by atoms with Crippen molar-refractivity contribution in [2.24, 2.45) is 5.92 Å². The van der Waals surface area contributed by atoms with E-state index in [0.717, 1.165) is 24.9 Å². The molecule has 2 saturated heterocycles. The van der Waals surface area contributed by atoms with E-state index in [1.807, 2.05) is 4.90 Å². The third-order valence-electron chi connectivity index (χ3n) is 7.75. The lowest BCUT2D eigenvalue weighted by Crippen LogP contribution is -2.52. The Morgan fingerprint density at radius 3 is 2.33 bits per heavy atom. The van der Waals surface area contributed by atoms with E-state index in [1.165, 1.54) is 16.8 Å². The predicted molar refractivity (Wildman–Crippen MR) is 135 cm³/mol. The van der Waals surface area contributed by atoms with Gasteiger partial charge in [0, 0.05) is 25.3 Å². The van der Waals surface area contributed by atoms with Crippen molar-refractivity contribution in [2.75, 3.05) is 30.3 Å². The number of sulfone groups is 1. The lowest BCUT2D eigenvalue weighted by Gasteiger charge is -2.43. The largest absolute Gasteiger partial charge is 0.372 e. The number of hydrogen-bond donors (Lipinski definition) is 0. The van der Waals surface area contributed by atoms with Gasteiger partial charge in [0.2, 0.25) is 5.91 Å². The maximum Gasteiger partial charge on any atom is 0.226 e. The molecule has 33 heavy (non-hydrogen) atoms. The molecule has 0 N–H and O–H groups in total. The van der Waals surface area contributed by atoms with Gasteiger partial charge in [-0.3, -0.25) is 4.79 Å². The number of rotatable bonds is 6. The highest BCUT2D eigenvalue weighted by atomic mass is 32.2. The zero-order valence-electron chi connectivity index (χ0n) is 21.4. The molecule has 1 aromatic rings. The number of ether oxygens (including phenoxy) is 1. The fraction of sp³-hybridized carbons (Fsp3) is 0.731. The van der Waals surface area contributed by atoms with E-state index < -0.39 is 9.84 Å². The molecule has 2 aliphatic rings. The Morgan fingerprint density at radius 2 is 1.73 bits per heavy atom. The minimum atomic E-state index is -3.03. The summed E-state index contributed by atoms with van der Waals surface area (Å²) < 4.78 is 30.4. The Balaban J connectivity index is 1.64. The van der Waals surface area contributed by atoms with Crippen LogP contribution in [0.15, 0.2) is 12.1 Å². The number of carbonyl (C=O) groups is 1. The summed E-state index contributed by atoms with van der Waals surface area (Å²) in [5, 5.41) is -0.335. The monoisotopic (exact) mass is 478 g/mol. The Hall–Kier alpha value is -1.60. The Morgan fingerprint density at radius 1 is 1.09 bits per heavy atom. The van der Waals surface area contributed by atoms with Crippen molar-refractivity contribution < 1.29 is 17.9 Å². The molecule has 0 radical (unpaired) electrons. The second-order valence-electron chi connectivity index (χ2n) is 10.4. The molecule has 3 atom stereocenters. The Labute approximate surface area is 200 Å². The molecule has 0 bridgehead atoms. The number of hydrogen-bond acceptors (Lipinski definition) is 5. The molecule has 0 saturated carbocycles. The summed E-state index contributed by atoms with van der Waals surface area (Å²) in [6.07, 6.45) is 2.29. The van der Waals surface area contributed by atoms with Crippen LogP contribution >= 0.6 is 0 Å². The van der Waals surface area contributed by atoms with Crippen LogP contribution < -0.4 is 4.90 Å². The molecular weight excluding hydrogens is 436 g/mol. The number of piperidine rings is 1. The zero-order chi connectivity index (χ0) is 24.5. The Kier molecular flexibility index (Phi) is 8.15. The first-order valence-corrected chi connectivity index (χ1v) is 14.1. The quantitative estimate of drug-likeness (QED) is 0.620. The van der Waals surface area contributed by atoms with E-state index in [2.05, 4.69) is 51.7 Å². The van der Waals surface area contributed by atoms with Gasteiger partial charge in [-0.05, 0) is 90.0 Å². The summed E-state index contributed by atoms with van der Waals surface area (Å²) in [4.78, 5) is 17.4. The normalized spacial score (nSPS) is 25.0. The first kappa shape index (κ1) is 26.0. The minimum Gasteiger partial charge on any atom is -0.372 e. The topological polar surface area (TPSA) is 66.9 Å². The van der Waals surface area contributed by atoms with Gasteiger partial charge in [0.15, 0.2) is 9.84 Å². The van der Waals surface area contributed by atoms with E-state index in [1.54, 1.807) is 13.8 Å². The van der Waals surface area contributed by atoms with E-state index in [-0.39, 0.29) is 35.0 Å².